The molecule has 0 aromatic carbocycles. The molecule has 1 amide bonds. The van der Waals surface area contributed by atoms with Gasteiger partial charge in [-0.25, -0.2) is 14.5 Å². The van der Waals surface area contributed by atoms with E-state index >= 15 is 0 Å². The van der Waals surface area contributed by atoms with E-state index in [1.54, 1.807) is 0 Å². The van der Waals surface area contributed by atoms with Crippen molar-refractivity contribution in [3.63, 3.8) is 0 Å². The molecule has 0 fully saturated rings. The standard InChI is InChI=1S/C8H12N4O4/c13-6(8(15)16)1-2-10-7(14)3-12-5-9-4-11-12/h4-6,13H,1-3H2,(H,10,14)(H,15,16). The van der Waals surface area contributed by atoms with Crippen molar-refractivity contribution >= 4 is 11.9 Å². The van der Waals surface area contributed by atoms with Crippen molar-refractivity contribution in [2.75, 3.05) is 6.54 Å². The Kier molecular flexibility index (Phi) is 4.40. The number of carboxylic acids is 1. The average Bonchev–Trinajstić information content (AvgIpc) is 2.70. The molecular weight excluding hydrogens is 216 g/mol. The third kappa shape index (κ3) is 4.05. The van der Waals surface area contributed by atoms with Gasteiger partial charge in [0.05, 0.1) is 0 Å². The van der Waals surface area contributed by atoms with Gasteiger partial charge >= 0.3 is 5.97 Å². The summed E-state index contributed by atoms with van der Waals surface area (Å²) in [5.74, 6) is -1.62. The van der Waals surface area contributed by atoms with Crippen LogP contribution in [0.5, 0.6) is 0 Å². The molecule has 1 aromatic heterocycles. The van der Waals surface area contributed by atoms with Crippen LogP contribution in [-0.2, 0) is 16.1 Å². The van der Waals surface area contributed by atoms with Crippen LogP contribution in [0.15, 0.2) is 12.7 Å². The first kappa shape index (κ1) is 12.1. The first-order chi connectivity index (χ1) is 7.59. The van der Waals surface area contributed by atoms with E-state index in [0.717, 1.165) is 0 Å². The number of aliphatic carboxylic acids is 1. The second-order valence-electron chi connectivity index (χ2n) is 3.09. The Hall–Kier alpha value is -1.96. The number of carbonyl (C=O) groups is 2. The zero-order chi connectivity index (χ0) is 12.0. The van der Waals surface area contributed by atoms with Gasteiger partial charge in [-0.1, -0.05) is 0 Å². The first-order valence-electron chi connectivity index (χ1n) is 4.59. The quantitative estimate of drug-likeness (QED) is 0.530. The van der Waals surface area contributed by atoms with Crippen LogP contribution in [0.3, 0.4) is 0 Å². The number of carbonyl (C=O) groups excluding carboxylic acids is 1. The molecule has 1 atom stereocenters. The highest BCUT2D eigenvalue weighted by Crippen LogP contribution is 1.89. The van der Waals surface area contributed by atoms with Crippen LogP contribution in [0.25, 0.3) is 0 Å². The lowest BCUT2D eigenvalue weighted by atomic mass is 10.2. The summed E-state index contributed by atoms with van der Waals surface area (Å²) in [6, 6.07) is 0. The number of hydrogen-bond donors (Lipinski definition) is 3. The number of aliphatic hydroxyl groups excluding tert-OH is 1. The average molecular weight is 228 g/mol. The van der Waals surface area contributed by atoms with Crippen molar-refractivity contribution in [3.8, 4) is 0 Å². The van der Waals surface area contributed by atoms with Gasteiger partial charge in [-0.3, -0.25) is 4.79 Å². The van der Waals surface area contributed by atoms with Gasteiger partial charge in [0, 0.05) is 13.0 Å². The molecule has 0 radical (unpaired) electrons. The molecule has 16 heavy (non-hydrogen) atoms. The van der Waals surface area contributed by atoms with Crippen LogP contribution in [0.2, 0.25) is 0 Å². The summed E-state index contributed by atoms with van der Waals surface area (Å²) in [5.41, 5.74) is 0. The summed E-state index contributed by atoms with van der Waals surface area (Å²) in [7, 11) is 0. The molecule has 8 heteroatoms. The Balaban J connectivity index is 2.18. The summed E-state index contributed by atoms with van der Waals surface area (Å²) < 4.78 is 1.34. The van der Waals surface area contributed by atoms with Gasteiger partial charge in [-0.2, -0.15) is 5.10 Å². The minimum Gasteiger partial charge on any atom is -0.479 e. The van der Waals surface area contributed by atoms with Gasteiger partial charge in [-0.05, 0) is 0 Å². The molecule has 0 aliphatic carbocycles. The number of rotatable bonds is 6. The third-order valence-corrected chi connectivity index (χ3v) is 1.80. The topological polar surface area (TPSA) is 117 Å². The number of hydrogen-bond acceptors (Lipinski definition) is 5. The maximum Gasteiger partial charge on any atom is 0.332 e. The van der Waals surface area contributed by atoms with Crippen molar-refractivity contribution in [2.45, 2.75) is 19.1 Å². The van der Waals surface area contributed by atoms with Crippen LogP contribution in [-0.4, -0.2) is 49.5 Å². The summed E-state index contributed by atoms with van der Waals surface area (Å²) in [4.78, 5) is 25.1. The number of nitrogens with zero attached hydrogens (tertiary/aromatic N) is 3. The van der Waals surface area contributed by atoms with Gasteiger partial charge in [0.25, 0.3) is 0 Å². The molecule has 0 spiro atoms. The molecule has 8 nitrogen and oxygen atoms in total. The fourth-order valence-electron chi connectivity index (χ4n) is 0.989. The van der Waals surface area contributed by atoms with Crippen LogP contribution in [0.1, 0.15) is 6.42 Å². The number of nitrogens with one attached hydrogen (secondary N) is 1. The van der Waals surface area contributed by atoms with Crippen molar-refractivity contribution in [1.29, 1.82) is 0 Å². The Morgan fingerprint density at radius 3 is 2.81 bits per heavy atom. The molecule has 1 heterocycles. The largest absolute Gasteiger partial charge is 0.479 e. The Labute approximate surface area is 90.9 Å². The van der Waals surface area contributed by atoms with E-state index in [9.17, 15) is 9.59 Å². The molecule has 0 aliphatic heterocycles. The SMILES string of the molecule is O=C(Cn1cncn1)NCCC(O)C(=O)O. The summed E-state index contributed by atoms with van der Waals surface area (Å²) in [5, 5.41) is 23.5. The van der Waals surface area contributed by atoms with E-state index in [2.05, 4.69) is 15.4 Å². The summed E-state index contributed by atoms with van der Waals surface area (Å²) in [6.45, 7) is 0.115. The van der Waals surface area contributed by atoms with Crippen LogP contribution < -0.4 is 5.32 Å². The Morgan fingerprint density at radius 2 is 2.25 bits per heavy atom. The maximum absolute atomic E-state index is 11.2. The molecule has 0 saturated carbocycles. The Bertz CT molecular complexity index is 351. The van der Waals surface area contributed by atoms with E-state index in [-0.39, 0.29) is 25.4 Å². The molecule has 0 bridgehead atoms. The lowest BCUT2D eigenvalue weighted by Gasteiger charge is -2.07. The molecule has 1 unspecified atom stereocenters. The third-order valence-electron chi connectivity index (χ3n) is 1.80. The molecule has 1 rings (SSSR count). The van der Waals surface area contributed by atoms with Crippen molar-refractivity contribution in [1.82, 2.24) is 20.1 Å². The minimum atomic E-state index is -1.45. The highest BCUT2D eigenvalue weighted by Gasteiger charge is 2.12. The van der Waals surface area contributed by atoms with Crippen molar-refractivity contribution in [2.24, 2.45) is 0 Å². The molecule has 0 aliphatic rings. The molecule has 3 N–H and O–H groups in total. The summed E-state index contributed by atoms with van der Waals surface area (Å²) in [6.07, 6.45) is 1.22. The Morgan fingerprint density at radius 1 is 1.50 bits per heavy atom. The van der Waals surface area contributed by atoms with E-state index in [1.165, 1.54) is 17.3 Å². The van der Waals surface area contributed by atoms with E-state index < -0.39 is 12.1 Å². The number of amides is 1. The lowest BCUT2D eigenvalue weighted by molar-refractivity contribution is -0.147. The van der Waals surface area contributed by atoms with Gasteiger partial charge in [0.1, 0.15) is 19.2 Å². The summed E-state index contributed by atoms with van der Waals surface area (Å²) >= 11 is 0. The predicted octanol–water partition coefficient (Wildman–Crippen LogP) is -1.77. The van der Waals surface area contributed by atoms with Gasteiger partial charge in [-0.15, -0.1) is 0 Å². The monoisotopic (exact) mass is 228 g/mol. The fraction of sp³-hybridized carbons (Fsp3) is 0.500. The van der Waals surface area contributed by atoms with Gasteiger partial charge < -0.3 is 15.5 Å². The fourth-order valence-corrected chi connectivity index (χ4v) is 0.989. The van der Waals surface area contributed by atoms with Crippen LogP contribution in [0, 0.1) is 0 Å². The molecule has 1 aromatic rings. The minimum absolute atomic E-state index is 0.0170. The first-order valence-corrected chi connectivity index (χ1v) is 4.59. The van der Waals surface area contributed by atoms with E-state index in [4.69, 9.17) is 10.2 Å². The smallest absolute Gasteiger partial charge is 0.332 e. The lowest BCUT2D eigenvalue weighted by Crippen LogP contribution is -2.32. The highest BCUT2D eigenvalue weighted by atomic mass is 16.4. The van der Waals surface area contributed by atoms with Crippen LogP contribution in [0.4, 0.5) is 0 Å². The van der Waals surface area contributed by atoms with Crippen molar-refractivity contribution < 1.29 is 19.8 Å². The normalized spacial score (nSPS) is 12.1. The molecular formula is C8H12N4O4. The van der Waals surface area contributed by atoms with Crippen LogP contribution >= 0.6 is 0 Å². The highest BCUT2D eigenvalue weighted by molar-refractivity contribution is 5.75. The van der Waals surface area contributed by atoms with E-state index in [0.29, 0.717) is 0 Å². The number of carboxylic acid groups (broad SMARTS) is 1. The van der Waals surface area contributed by atoms with Gasteiger partial charge in [0.15, 0.2) is 6.10 Å². The predicted molar refractivity (Wildman–Crippen MR) is 51.3 cm³/mol. The second kappa shape index (κ2) is 5.81. The number of aliphatic hydroxyl groups is 1. The zero-order valence-electron chi connectivity index (χ0n) is 8.41. The van der Waals surface area contributed by atoms with Crippen molar-refractivity contribution in [3.05, 3.63) is 12.7 Å². The second-order valence-corrected chi connectivity index (χ2v) is 3.09. The van der Waals surface area contributed by atoms with E-state index in [1.807, 2.05) is 0 Å². The number of aromatic nitrogens is 3. The molecule has 88 valence electrons. The maximum atomic E-state index is 11.2. The van der Waals surface area contributed by atoms with Gasteiger partial charge in [0.2, 0.25) is 5.91 Å². The molecule has 0 saturated heterocycles. The zero-order valence-corrected chi connectivity index (χ0v) is 8.41.